The lowest BCUT2D eigenvalue weighted by Gasteiger charge is -2.28. The molecule has 0 saturated heterocycles. The predicted octanol–water partition coefficient (Wildman–Crippen LogP) is 4.32. The number of amides is 1. The zero-order valence-electron chi connectivity index (χ0n) is 17.0. The maximum atomic E-state index is 13.4. The monoisotopic (exact) mass is 443 g/mol. The van der Waals surface area contributed by atoms with Gasteiger partial charge in [-0.3, -0.25) is 9.78 Å². The number of hydrogen-bond donors (Lipinski definition) is 2. The third-order valence-electron chi connectivity index (χ3n) is 5.14. The average Bonchev–Trinajstić information content (AvgIpc) is 3.23. The Kier molecular flexibility index (Phi) is 5.12. The minimum Gasteiger partial charge on any atom is -0.328 e. The van der Waals surface area contributed by atoms with Crippen molar-refractivity contribution in [3.63, 3.8) is 0 Å². The van der Waals surface area contributed by atoms with E-state index in [1.807, 2.05) is 43.3 Å². The molecule has 158 valence electrons. The van der Waals surface area contributed by atoms with Crippen LogP contribution in [-0.4, -0.2) is 30.6 Å². The summed E-state index contributed by atoms with van der Waals surface area (Å²) in [7, 11) is 0. The second-order valence-corrected chi connectivity index (χ2v) is 7.61. The largest absolute Gasteiger partial charge is 0.328 e. The molecule has 32 heavy (non-hydrogen) atoms. The maximum Gasteiger partial charge on any atom is 0.257 e. The van der Waals surface area contributed by atoms with Crippen LogP contribution in [0, 0.1) is 0 Å². The lowest BCUT2D eigenvalue weighted by atomic mass is 9.96. The van der Waals surface area contributed by atoms with Gasteiger partial charge < -0.3 is 10.6 Å². The number of carbonyl (C=O) groups is 1. The summed E-state index contributed by atoms with van der Waals surface area (Å²) >= 11 is 6.37. The second-order valence-electron chi connectivity index (χ2n) is 7.20. The molecule has 1 aliphatic rings. The normalized spacial score (nSPS) is 15.1. The van der Waals surface area contributed by atoms with Gasteiger partial charge in [-0.05, 0) is 48.9 Å². The highest BCUT2D eigenvalue weighted by molar-refractivity contribution is 6.33. The van der Waals surface area contributed by atoms with Crippen molar-refractivity contribution >= 4 is 29.3 Å². The molecule has 2 N–H and O–H groups in total. The van der Waals surface area contributed by atoms with E-state index in [0.29, 0.717) is 39.4 Å². The van der Waals surface area contributed by atoms with Gasteiger partial charge in [0.25, 0.3) is 5.91 Å². The third kappa shape index (κ3) is 3.61. The van der Waals surface area contributed by atoms with Gasteiger partial charge in [-0.2, -0.15) is 4.98 Å². The zero-order chi connectivity index (χ0) is 22.1. The molecular weight excluding hydrogens is 426 g/mol. The molecule has 8 nitrogen and oxygen atoms in total. The molecule has 0 aliphatic carbocycles. The van der Waals surface area contributed by atoms with Crippen LogP contribution >= 0.6 is 11.6 Å². The van der Waals surface area contributed by atoms with Crippen molar-refractivity contribution in [3.8, 4) is 11.4 Å². The van der Waals surface area contributed by atoms with Crippen LogP contribution in [0.1, 0.15) is 18.5 Å². The highest BCUT2D eigenvalue weighted by atomic mass is 35.5. The van der Waals surface area contributed by atoms with Crippen molar-refractivity contribution in [2.45, 2.75) is 13.0 Å². The minimum absolute atomic E-state index is 0.282. The van der Waals surface area contributed by atoms with E-state index in [9.17, 15) is 4.79 Å². The number of carbonyl (C=O) groups excluding carboxylic acids is 1. The fourth-order valence-electron chi connectivity index (χ4n) is 3.68. The molecule has 0 saturated carbocycles. The van der Waals surface area contributed by atoms with E-state index < -0.39 is 6.04 Å². The topological polar surface area (TPSA) is 97.6 Å². The molecule has 0 bridgehead atoms. The first-order valence-electron chi connectivity index (χ1n) is 9.93. The van der Waals surface area contributed by atoms with Gasteiger partial charge in [0.05, 0.1) is 10.6 Å². The van der Waals surface area contributed by atoms with Gasteiger partial charge in [-0.1, -0.05) is 29.8 Å². The Balaban J connectivity index is 1.61. The second kappa shape index (κ2) is 8.24. The lowest BCUT2D eigenvalue weighted by molar-refractivity contribution is -0.113. The molecule has 1 amide bonds. The van der Waals surface area contributed by atoms with Crippen molar-refractivity contribution < 1.29 is 4.79 Å². The smallest absolute Gasteiger partial charge is 0.257 e. The molecule has 3 aromatic heterocycles. The van der Waals surface area contributed by atoms with E-state index in [0.717, 1.165) is 5.56 Å². The summed E-state index contributed by atoms with van der Waals surface area (Å²) < 4.78 is 1.70. The van der Waals surface area contributed by atoms with E-state index in [1.54, 1.807) is 41.5 Å². The van der Waals surface area contributed by atoms with Crippen LogP contribution in [0.25, 0.3) is 11.4 Å². The van der Waals surface area contributed by atoms with Gasteiger partial charge in [-0.25, -0.2) is 9.67 Å². The Morgan fingerprint density at radius 1 is 1.06 bits per heavy atom. The number of benzene rings is 1. The SMILES string of the molecule is CC1=C(C(=O)Nc2ccccn2)C(c2ccncc2)n2nc(-c3ccccc3Cl)nc2N1. The molecule has 1 aliphatic heterocycles. The standard InChI is InChI=1S/C23H18ClN7O/c1-14-19(22(32)28-18-8-4-5-11-26-18)20(15-9-12-25-13-10-15)31-23(27-14)29-21(30-31)16-6-2-3-7-17(16)24/h2-13,20H,1H3,(H,26,28,32)(H,27,29,30). The van der Waals surface area contributed by atoms with Crippen molar-refractivity contribution in [1.82, 2.24) is 24.7 Å². The number of allylic oxidation sites excluding steroid dienone is 1. The first kappa shape index (κ1) is 19.9. The molecule has 1 atom stereocenters. The number of nitrogens with zero attached hydrogens (tertiary/aromatic N) is 5. The number of fused-ring (bicyclic) bond motifs is 1. The van der Waals surface area contributed by atoms with E-state index in [4.69, 9.17) is 16.7 Å². The summed E-state index contributed by atoms with van der Waals surface area (Å²) in [5.41, 5.74) is 2.74. The fourth-order valence-corrected chi connectivity index (χ4v) is 3.90. The van der Waals surface area contributed by atoms with E-state index in [1.165, 1.54) is 0 Å². The highest BCUT2D eigenvalue weighted by Crippen LogP contribution is 2.37. The molecule has 0 radical (unpaired) electrons. The van der Waals surface area contributed by atoms with Gasteiger partial charge in [0.1, 0.15) is 11.9 Å². The van der Waals surface area contributed by atoms with Gasteiger partial charge in [0.15, 0.2) is 5.82 Å². The molecular formula is C23H18ClN7O. The molecule has 1 aromatic carbocycles. The first-order valence-corrected chi connectivity index (χ1v) is 10.3. The van der Waals surface area contributed by atoms with Gasteiger partial charge in [-0.15, -0.1) is 5.10 Å². The number of nitrogens with one attached hydrogen (secondary N) is 2. The highest BCUT2D eigenvalue weighted by Gasteiger charge is 2.34. The van der Waals surface area contributed by atoms with Gasteiger partial charge in [0, 0.05) is 29.9 Å². The number of rotatable bonds is 4. The molecule has 0 fully saturated rings. The Labute approximate surface area is 189 Å². The van der Waals surface area contributed by atoms with Crippen LogP contribution in [-0.2, 0) is 4.79 Å². The lowest BCUT2D eigenvalue weighted by Crippen LogP contribution is -2.31. The Morgan fingerprint density at radius 3 is 2.59 bits per heavy atom. The van der Waals surface area contributed by atoms with Crippen LogP contribution in [0.5, 0.6) is 0 Å². The number of hydrogen-bond acceptors (Lipinski definition) is 6. The summed E-state index contributed by atoms with van der Waals surface area (Å²) in [5, 5.41) is 11.4. The summed E-state index contributed by atoms with van der Waals surface area (Å²) in [6.45, 7) is 1.84. The number of aromatic nitrogens is 5. The van der Waals surface area contributed by atoms with Crippen LogP contribution in [0.3, 0.4) is 0 Å². The van der Waals surface area contributed by atoms with Crippen molar-refractivity contribution in [1.29, 1.82) is 0 Å². The fraction of sp³-hybridized carbons (Fsp3) is 0.0870. The Morgan fingerprint density at radius 2 is 1.84 bits per heavy atom. The molecule has 0 spiro atoms. The summed E-state index contributed by atoms with van der Waals surface area (Å²) in [5.74, 6) is 1.17. The Hall–Kier alpha value is -4.04. The van der Waals surface area contributed by atoms with Gasteiger partial charge in [0.2, 0.25) is 5.95 Å². The minimum atomic E-state index is -0.512. The van der Waals surface area contributed by atoms with Crippen LogP contribution in [0.4, 0.5) is 11.8 Å². The summed E-state index contributed by atoms with van der Waals surface area (Å²) in [6, 6.07) is 15.9. The summed E-state index contributed by atoms with van der Waals surface area (Å²) in [6.07, 6.45) is 5.00. The average molecular weight is 444 g/mol. The third-order valence-corrected chi connectivity index (χ3v) is 5.47. The molecule has 4 aromatic rings. The maximum absolute atomic E-state index is 13.4. The van der Waals surface area contributed by atoms with Gasteiger partial charge >= 0.3 is 0 Å². The number of anilines is 2. The number of pyridine rings is 2. The predicted molar refractivity (Wildman–Crippen MR) is 122 cm³/mol. The van der Waals surface area contributed by atoms with E-state index in [-0.39, 0.29) is 5.91 Å². The van der Waals surface area contributed by atoms with Crippen LogP contribution < -0.4 is 10.6 Å². The quantitative estimate of drug-likeness (QED) is 0.487. The van der Waals surface area contributed by atoms with Crippen molar-refractivity contribution in [2.75, 3.05) is 10.6 Å². The summed E-state index contributed by atoms with van der Waals surface area (Å²) in [4.78, 5) is 26.3. The van der Waals surface area contributed by atoms with Crippen LogP contribution in [0.15, 0.2) is 84.5 Å². The molecule has 4 heterocycles. The van der Waals surface area contributed by atoms with Crippen molar-refractivity contribution in [3.05, 3.63) is 95.0 Å². The zero-order valence-corrected chi connectivity index (χ0v) is 17.8. The number of halogens is 1. The van der Waals surface area contributed by atoms with E-state index in [2.05, 4.69) is 25.6 Å². The molecule has 9 heteroatoms. The van der Waals surface area contributed by atoms with Crippen LogP contribution in [0.2, 0.25) is 5.02 Å². The first-order chi connectivity index (χ1) is 15.6. The Bertz CT molecular complexity index is 1320. The van der Waals surface area contributed by atoms with Crippen molar-refractivity contribution in [2.24, 2.45) is 0 Å². The molecule has 1 unspecified atom stereocenters. The van der Waals surface area contributed by atoms with E-state index >= 15 is 0 Å². The molecule has 5 rings (SSSR count).